The van der Waals surface area contributed by atoms with Crippen LogP contribution in [-0.4, -0.2) is 58.8 Å². The summed E-state index contributed by atoms with van der Waals surface area (Å²) in [6.07, 6.45) is 1.72. The topological polar surface area (TPSA) is 69.0 Å². The van der Waals surface area contributed by atoms with Crippen molar-refractivity contribution < 1.29 is 19.3 Å². The summed E-state index contributed by atoms with van der Waals surface area (Å²) in [6, 6.07) is 18.2. The molecule has 1 unspecified atom stereocenters. The fraction of sp³-hybridized carbons (Fsp3) is 0.464. The molecule has 2 aromatic carbocycles. The SMILES string of the molecule is COc1cccc(Oc2c(CN(CC(O)COCC(C)C)C3CC3)c(-c3ccccc3)nn2C)c1. The van der Waals surface area contributed by atoms with Crippen LogP contribution in [0, 0.1) is 5.92 Å². The highest BCUT2D eigenvalue weighted by Crippen LogP contribution is 2.37. The fourth-order valence-electron chi connectivity index (χ4n) is 4.18. The Morgan fingerprint density at radius 1 is 1.06 bits per heavy atom. The second-order valence-corrected chi connectivity index (χ2v) is 9.65. The zero-order valence-electron chi connectivity index (χ0n) is 21.2. The number of benzene rings is 2. The predicted octanol–water partition coefficient (Wildman–Crippen LogP) is 4.89. The highest BCUT2D eigenvalue weighted by Gasteiger charge is 2.33. The minimum atomic E-state index is -0.547. The van der Waals surface area contributed by atoms with Crippen molar-refractivity contribution in [3.05, 3.63) is 60.2 Å². The Bertz CT molecular complexity index is 1080. The van der Waals surface area contributed by atoms with E-state index in [1.54, 1.807) is 11.8 Å². The predicted molar refractivity (Wildman–Crippen MR) is 137 cm³/mol. The van der Waals surface area contributed by atoms with Crippen LogP contribution in [0.25, 0.3) is 11.3 Å². The van der Waals surface area contributed by atoms with Crippen molar-refractivity contribution in [3.63, 3.8) is 0 Å². The molecule has 0 saturated heterocycles. The first-order valence-electron chi connectivity index (χ1n) is 12.4. The molecule has 1 aliphatic carbocycles. The van der Waals surface area contributed by atoms with Gasteiger partial charge in [0.25, 0.3) is 0 Å². The van der Waals surface area contributed by atoms with Crippen molar-refractivity contribution in [3.8, 4) is 28.6 Å². The quantitative estimate of drug-likeness (QED) is 0.377. The molecule has 1 fully saturated rings. The molecule has 1 N–H and O–H groups in total. The van der Waals surface area contributed by atoms with E-state index in [1.807, 2.05) is 49.5 Å². The average Bonchev–Trinajstić information content (AvgIpc) is 3.65. The van der Waals surface area contributed by atoms with E-state index in [1.165, 1.54) is 0 Å². The standard InChI is InChI=1S/C28H37N3O4/c1-20(2)18-34-19-23(32)16-31(22-13-14-22)17-26-27(21-9-6-5-7-10-21)29-30(3)28(26)35-25-12-8-11-24(15-25)33-4/h5-12,15,20,22-23,32H,13-14,16-19H2,1-4H3. The molecule has 0 amide bonds. The Hall–Kier alpha value is -2.87. The normalized spacial score (nSPS) is 14.5. The number of aliphatic hydroxyl groups is 1. The van der Waals surface area contributed by atoms with Gasteiger partial charge >= 0.3 is 0 Å². The maximum absolute atomic E-state index is 10.7. The number of methoxy groups -OCH3 is 1. The van der Waals surface area contributed by atoms with Crippen LogP contribution in [0.1, 0.15) is 32.3 Å². The summed E-state index contributed by atoms with van der Waals surface area (Å²) in [4.78, 5) is 2.34. The maximum atomic E-state index is 10.7. The first-order chi connectivity index (χ1) is 16.9. The molecule has 7 heteroatoms. The highest BCUT2D eigenvalue weighted by molar-refractivity contribution is 5.65. The van der Waals surface area contributed by atoms with Gasteiger partial charge in [0.1, 0.15) is 17.2 Å². The van der Waals surface area contributed by atoms with Gasteiger partial charge in [-0.15, -0.1) is 0 Å². The summed E-state index contributed by atoms with van der Waals surface area (Å²) < 4.78 is 19.3. The van der Waals surface area contributed by atoms with Crippen molar-refractivity contribution in [2.45, 2.75) is 45.4 Å². The third kappa shape index (κ3) is 6.84. The van der Waals surface area contributed by atoms with Crippen LogP contribution in [0.4, 0.5) is 0 Å². The average molecular weight is 480 g/mol. The molecule has 35 heavy (non-hydrogen) atoms. The lowest BCUT2D eigenvalue weighted by Gasteiger charge is -2.25. The number of aryl methyl sites for hydroxylation is 1. The van der Waals surface area contributed by atoms with E-state index in [4.69, 9.17) is 19.3 Å². The summed E-state index contributed by atoms with van der Waals surface area (Å²) in [6.45, 7) is 6.39. The zero-order chi connectivity index (χ0) is 24.8. The summed E-state index contributed by atoms with van der Waals surface area (Å²) in [5.74, 6) is 2.56. The Morgan fingerprint density at radius 3 is 2.49 bits per heavy atom. The molecule has 0 radical (unpaired) electrons. The van der Waals surface area contributed by atoms with Crippen molar-refractivity contribution in [1.82, 2.24) is 14.7 Å². The van der Waals surface area contributed by atoms with Gasteiger partial charge in [-0.05, 0) is 30.9 Å². The summed E-state index contributed by atoms with van der Waals surface area (Å²) in [5.41, 5.74) is 2.93. The van der Waals surface area contributed by atoms with Crippen LogP contribution >= 0.6 is 0 Å². The highest BCUT2D eigenvalue weighted by atomic mass is 16.5. The number of rotatable bonds is 13. The number of ether oxygens (including phenoxy) is 3. The van der Waals surface area contributed by atoms with Gasteiger partial charge in [0, 0.05) is 44.4 Å². The lowest BCUT2D eigenvalue weighted by molar-refractivity contribution is 0.00541. The van der Waals surface area contributed by atoms with Crippen LogP contribution in [0.2, 0.25) is 0 Å². The van der Waals surface area contributed by atoms with Gasteiger partial charge in [-0.2, -0.15) is 5.10 Å². The number of nitrogens with zero attached hydrogens (tertiary/aromatic N) is 3. The van der Waals surface area contributed by atoms with Gasteiger partial charge in [0.15, 0.2) is 0 Å². The molecule has 1 atom stereocenters. The zero-order valence-corrected chi connectivity index (χ0v) is 21.2. The van der Waals surface area contributed by atoms with Crippen LogP contribution in [0.15, 0.2) is 54.6 Å². The van der Waals surface area contributed by atoms with Crippen LogP contribution in [-0.2, 0) is 18.3 Å². The molecule has 4 rings (SSSR count). The number of aliphatic hydroxyl groups excluding tert-OH is 1. The van der Waals surface area contributed by atoms with E-state index >= 15 is 0 Å². The molecule has 0 spiro atoms. The van der Waals surface area contributed by atoms with Crippen LogP contribution in [0.5, 0.6) is 17.4 Å². The van der Waals surface area contributed by atoms with Gasteiger partial charge in [-0.25, -0.2) is 4.68 Å². The summed E-state index contributed by atoms with van der Waals surface area (Å²) in [7, 11) is 3.55. The Balaban J connectivity index is 1.61. The van der Waals surface area contributed by atoms with Crippen molar-refractivity contribution in [2.75, 3.05) is 26.9 Å². The van der Waals surface area contributed by atoms with Crippen molar-refractivity contribution in [2.24, 2.45) is 13.0 Å². The molecule has 188 valence electrons. The van der Waals surface area contributed by atoms with Crippen molar-refractivity contribution >= 4 is 0 Å². The van der Waals surface area contributed by atoms with Gasteiger partial charge in [0.2, 0.25) is 5.88 Å². The Labute approximate surface area is 208 Å². The summed E-state index contributed by atoms with van der Waals surface area (Å²) >= 11 is 0. The lowest BCUT2D eigenvalue weighted by Crippen LogP contribution is -2.36. The van der Waals surface area contributed by atoms with E-state index in [-0.39, 0.29) is 0 Å². The smallest absolute Gasteiger partial charge is 0.222 e. The Kier molecular flexibility index (Phi) is 8.44. The second kappa shape index (κ2) is 11.7. The molecule has 1 saturated carbocycles. The third-order valence-electron chi connectivity index (χ3n) is 6.02. The van der Waals surface area contributed by atoms with Gasteiger partial charge in [-0.3, -0.25) is 4.90 Å². The fourth-order valence-corrected chi connectivity index (χ4v) is 4.18. The molecule has 1 heterocycles. The second-order valence-electron chi connectivity index (χ2n) is 9.65. The first-order valence-corrected chi connectivity index (χ1v) is 12.4. The van der Waals surface area contributed by atoms with E-state index in [2.05, 4.69) is 30.9 Å². The molecule has 1 aliphatic rings. The van der Waals surface area contributed by atoms with Crippen LogP contribution < -0.4 is 9.47 Å². The van der Waals surface area contributed by atoms with Gasteiger partial charge < -0.3 is 19.3 Å². The number of hydrogen-bond donors (Lipinski definition) is 1. The monoisotopic (exact) mass is 479 g/mol. The van der Waals surface area contributed by atoms with E-state index < -0.39 is 6.10 Å². The first kappa shape index (κ1) is 25.2. The van der Waals surface area contributed by atoms with Gasteiger partial charge in [-0.1, -0.05) is 50.2 Å². The van der Waals surface area contributed by atoms with Crippen LogP contribution in [0.3, 0.4) is 0 Å². The van der Waals surface area contributed by atoms with E-state index in [9.17, 15) is 5.11 Å². The molecule has 7 nitrogen and oxygen atoms in total. The molecule has 0 aliphatic heterocycles. The largest absolute Gasteiger partial charge is 0.497 e. The number of hydrogen-bond acceptors (Lipinski definition) is 6. The van der Waals surface area contributed by atoms with Crippen molar-refractivity contribution in [1.29, 1.82) is 0 Å². The molecular weight excluding hydrogens is 442 g/mol. The summed E-state index contributed by atoms with van der Waals surface area (Å²) in [5, 5.41) is 15.6. The van der Waals surface area contributed by atoms with E-state index in [0.29, 0.717) is 49.9 Å². The number of aromatic nitrogens is 2. The third-order valence-corrected chi connectivity index (χ3v) is 6.02. The molecular formula is C28H37N3O4. The lowest BCUT2D eigenvalue weighted by atomic mass is 10.1. The molecule has 3 aromatic rings. The van der Waals surface area contributed by atoms with E-state index in [0.717, 1.165) is 35.4 Å². The van der Waals surface area contributed by atoms with Gasteiger partial charge in [0.05, 0.1) is 25.4 Å². The maximum Gasteiger partial charge on any atom is 0.222 e. The Morgan fingerprint density at radius 2 is 1.80 bits per heavy atom. The molecule has 1 aromatic heterocycles. The minimum Gasteiger partial charge on any atom is -0.497 e. The minimum absolute atomic E-state index is 0.340. The molecule has 0 bridgehead atoms.